The van der Waals surface area contributed by atoms with Crippen molar-refractivity contribution < 1.29 is 14.3 Å². The van der Waals surface area contributed by atoms with Crippen molar-refractivity contribution in [2.75, 3.05) is 51.3 Å². The van der Waals surface area contributed by atoms with E-state index in [0.29, 0.717) is 13.1 Å². The number of benzene rings is 1. The van der Waals surface area contributed by atoms with E-state index >= 15 is 0 Å². The van der Waals surface area contributed by atoms with Gasteiger partial charge in [0.05, 0.1) is 13.7 Å². The van der Waals surface area contributed by atoms with E-state index in [1.807, 2.05) is 29.6 Å². The maximum absolute atomic E-state index is 11.9. The van der Waals surface area contributed by atoms with E-state index < -0.39 is 11.8 Å². The number of hydrogen-bond acceptors (Lipinski definition) is 6. The molecule has 0 radical (unpaired) electrons. The molecular formula is C20H26N4O3S. The van der Waals surface area contributed by atoms with Crippen LogP contribution in [0.15, 0.2) is 41.8 Å². The molecule has 0 aliphatic carbocycles. The van der Waals surface area contributed by atoms with Crippen LogP contribution in [0.5, 0.6) is 5.75 Å². The summed E-state index contributed by atoms with van der Waals surface area (Å²) in [6.07, 6.45) is 0. The summed E-state index contributed by atoms with van der Waals surface area (Å²) in [4.78, 5) is 29.4. The van der Waals surface area contributed by atoms with Crippen LogP contribution in [0.4, 0.5) is 5.69 Å². The largest absolute Gasteiger partial charge is 0.497 e. The molecule has 2 aromatic rings. The summed E-state index contributed by atoms with van der Waals surface area (Å²) >= 11 is 1.55. The molecule has 2 amide bonds. The smallest absolute Gasteiger partial charge is 0.309 e. The van der Waals surface area contributed by atoms with Crippen molar-refractivity contribution >= 4 is 28.8 Å². The van der Waals surface area contributed by atoms with Crippen molar-refractivity contribution in [3.8, 4) is 5.75 Å². The molecule has 0 bridgehead atoms. The van der Waals surface area contributed by atoms with E-state index in [4.69, 9.17) is 4.74 Å². The van der Waals surface area contributed by atoms with Gasteiger partial charge in [0, 0.05) is 49.8 Å². The minimum atomic E-state index is -0.585. The Kier molecular flexibility index (Phi) is 7.27. The number of hydrogen-bond donors (Lipinski definition) is 2. The summed E-state index contributed by atoms with van der Waals surface area (Å²) in [6, 6.07) is 11.9. The third-order valence-electron chi connectivity index (χ3n) is 4.73. The zero-order valence-electron chi connectivity index (χ0n) is 16.0. The molecule has 1 aromatic heterocycles. The van der Waals surface area contributed by atoms with E-state index in [1.54, 1.807) is 18.4 Å². The fourth-order valence-electron chi connectivity index (χ4n) is 3.09. The lowest BCUT2D eigenvalue weighted by Gasteiger charge is -2.36. The quantitative estimate of drug-likeness (QED) is 0.683. The number of amides is 2. The molecule has 28 heavy (non-hydrogen) atoms. The lowest BCUT2D eigenvalue weighted by molar-refractivity contribution is -0.139. The van der Waals surface area contributed by atoms with E-state index in [2.05, 4.69) is 32.6 Å². The van der Waals surface area contributed by atoms with Crippen molar-refractivity contribution in [2.45, 2.75) is 6.54 Å². The van der Waals surface area contributed by atoms with Crippen molar-refractivity contribution in [3.63, 3.8) is 0 Å². The van der Waals surface area contributed by atoms with Gasteiger partial charge in [0.1, 0.15) is 5.75 Å². The van der Waals surface area contributed by atoms with Crippen LogP contribution in [-0.2, 0) is 16.1 Å². The first-order valence-corrected chi connectivity index (χ1v) is 10.2. The number of thiophene rings is 1. The number of nitrogens with one attached hydrogen (secondary N) is 2. The third kappa shape index (κ3) is 5.71. The zero-order valence-corrected chi connectivity index (χ0v) is 16.8. The average molecular weight is 403 g/mol. The molecule has 3 rings (SSSR count). The number of ether oxygens (including phenoxy) is 1. The van der Waals surface area contributed by atoms with Gasteiger partial charge in [-0.05, 0) is 35.7 Å². The third-order valence-corrected chi connectivity index (χ3v) is 5.61. The van der Waals surface area contributed by atoms with Crippen molar-refractivity contribution in [2.24, 2.45) is 0 Å². The minimum Gasteiger partial charge on any atom is -0.497 e. The van der Waals surface area contributed by atoms with Gasteiger partial charge in [0.2, 0.25) is 0 Å². The Balaban J connectivity index is 1.32. The lowest BCUT2D eigenvalue weighted by atomic mass is 10.2. The fraction of sp³-hybridized carbons (Fsp3) is 0.400. The van der Waals surface area contributed by atoms with Gasteiger partial charge in [0.15, 0.2) is 0 Å². The standard InChI is InChI=1S/C20H26N4O3S/c1-27-17-6-4-16(5-7-17)24-12-10-23(11-13-24)9-8-21-19(25)20(26)22-15-18-3-2-14-28-18/h2-7,14H,8-13,15H2,1H3,(H,21,25)(H,22,26). The number of piperazine rings is 1. The molecule has 0 spiro atoms. The summed E-state index contributed by atoms with van der Waals surface area (Å²) in [7, 11) is 1.67. The molecule has 0 saturated carbocycles. The van der Waals surface area contributed by atoms with Crippen LogP contribution in [0.2, 0.25) is 0 Å². The summed E-state index contributed by atoms with van der Waals surface area (Å²) in [5.41, 5.74) is 1.19. The first-order chi connectivity index (χ1) is 13.7. The number of methoxy groups -OCH3 is 1. The molecule has 0 unspecified atom stereocenters. The van der Waals surface area contributed by atoms with Crippen molar-refractivity contribution in [1.82, 2.24) is 15.5 Å². The molecule has 7 nitrogen and oxygen atoms in total. The monoisotopic (exact) mass is 402 g/mol. The number of carbonyl (C=O) groups is 2. The van der Waals surface area contributed by atoms with Crippen LogP contribution in [0.25, 0.3) is 0 Å². The Morgan fingerprint density at radius 3 is 2.39 bits per heavy atom. The van der Waals surface area contributed by atoms with E-state index in [0.717, 1.165) is 43.4 Å². The number of carbonyl (C=O) groups excluding carboxylic acids is 2. The zero-order chi connectivity index (χ0) is 19.8. The lowest BCUT2D eigenvalue weighted by Crippen LogP contribution is -2.49. The highest BCUT2D eigenvalue weighted by molar-refractivity contribution is 7.09. The number of rotatable bonds is 7. The second-order valence-electron chi connectivity index (χ2n) is 6.54. The van der Waals surface area contributed by atoms with Crippen LogP contribution >= 0.6 is 11.3 Å². The summed E-state index contributed by atoms with van der Waals surface area (Å²) in [5, 5.41) is 7.27. The van der Waals surface area contributed by atoms with Gasteiger partial charge < -0.3 is 20.3 Å². The normalized spacial score (nSPS) is 14.5. The second-order valence-corrected chi connectivity index (χ2v) is 7.58. The topological polar surface area (TPSA) is 73.9 Å². The van der Waals surface area contributed by atoms with Gasteiger partial charge >= 0.3 is 11.8 Å². The first-order valence-electron chi connectivity index (χ1n) is 9.35. The molecule has 150 valence electrons. The molecule has 8 heteroatoms. The van der Waals surface area contributed by atoms with Gasteiger partial charge in [-0.2, -0.15) is 0 Å². The summed E-state index contributed by atoms with van der Waals surface area (Å²) < 4.78 is 5.20. The Morgan fingerprint density at radius 1 is 1.04 bits per heavy atom. The van der Waals surface area contributed by atoms with E-state index in [1.165, 1.54) is 5.69 Å². The molecule has 1 aromatic carbocycles. The molecule has 2 heterocycles. The second kappa shape index (κ2) is 10.1. The van der Waals surface area contributed by atoms with Gasteiger partial charge in [-0.15, -0.1) is 11.3 Å². The predicted molar refractivity (Wildman–Crippen MR) is 111 cm³/mol. The van der Waals surface area contributed by atoms with E-state index in [-0.39, 0.29) is 0 Å². The molecule has 1 saturated heterocycles. The van der Waals surface area contributed by atoms with Gasteiger partial charge in [-0.1, -0.05) is 6.07 Å². The minimum absolute atomic E-state index is 0.386. The highest BCUT2D eigenvalue weighted by atomic mass is 32.1. The molecule has 2 N–H and O–H groups in total. The summed E-state index contributed by atoms with van der Waals surface area (Å²) in [6.45, 7) is 5.30. The van der Waals surface area contributed by atoms with Gasteiger partial charge in [0.25, 0.3) is 0 Å². The fourth-order valence-corrected chi connectivity index (χ4v) is 3.74. The average Bonchev–Trinajstić information content (AvgIpc) is 3.26. The summed E-state index contributed by atoms with van der Waals surface area (Å²) in [5.74, 6) is -0.302. The van der Waals surface area contributed by atoms with Crippen LogP contribution < -0.4 is 20.3 Å². The SMILES string of the molecule is COc1ccc(N2CCN(CCNC(=O)C(=O)NCc3cccs3)CC2)cc1. The van der Waals surface area contributed by atoms with Crippen molar-refractivity contribution in [3.05, 3.63) is 46.7 Å². The number of nitrogens with zero attached hydrogens (tertiary/aromatic N) is 2. The highest BCUT2D eigenvalue weighted by Gasteiger charge is 2.18. The van der Waals surface area contributed by atoms with Crippen LogP contribution in [0.1, 0.15) is 4.88 Å². The Hall–Kier alpha value is -2.58. The van der Waals surface area contributed by atoms with Crippen LogP contribution in [-0.4, -0.2) is 63.1 Å². The Morgan fingerprint density at radius 2 is 1.75 bits per heavy atom. The Labute approximate surface area is 169 Å². The predicted octanol–water partition coefficient (Wildman–Crippen LogP) is 1.31. The molecule has 0 atom stereocenters. The number of anilines is 1. The van der Waals surface area contributed by atoms with Crippen molar-refractivity contribution in [1.29, 1.82) is 0 Å². The Bertz CT molecular complexity index is 756. The highest BCUT2D eigenvalue weighted by Crippen LogP contribution is 2.20. The molecule has 1 aliphatic rings. The van der Waals surface area contributed by atoms with Crippen LogP contribution in [0, 0.1) is 0 Å². The maximum atomic E-state index is 11.9. The molecular weight excluding hydrogens is 376 g/mol. The van der Waals surface area contributed by atoms with Gasteiger partial charge in [-0.25, -0.2) is 0 Å². The molecule has 1 aliphatic heterocycles. The van der Waals surface area contributed by atoms with Gasteiger partial charge in [-0.3, -0.25) is 14.5 Å². The molecule has 1 fully saturated rings. The first kappa shape index (κ1) is 20.2. The van der Waals surface area contributed by atoms with E-state index in [9.17, 15) is 9.59 Å². The maximum Gasteiger partial charge on any atom is 0.309 e. The van der Waals surface area contributed by atoms with Crippen LogP contribution in [0.3, 0.4) is 0 Å².